The van der Waals surface area contributed by atoms with Crippen molar-refractivity contribution in [1.29, 1.82) is 0 Å². The van der Waals surface area contributed by atoms with Crippen LogP contribution >= 0.6 is 0 Å². The van der Waals surface area contributed by atoms with E-state index in [-0.39, 0.29) is 17.1 Å². The summed E-state index contributed by atoms with van der Waals surface area (Å²) in [6, 6.07) is 4.40. The summed E-state index contributed by atoms with van der Waals surface area (Å²) in [4.78, 5) is 11.7. The van der Waals surface area contributed by atoms with Crippen molar-refractivity contribution >= 4 is 5.91 Å². The maximum Gasteiger partial charge on any atom is 0.220 e. The second-order valence-corrected chi connectivity index (χ2v) is 5.79. The molecule has 0 aliphatic carbocycles. The Balaban J connectivity index is 2.49. The predicted octanol–water partition coefficient (Wildman–Crippen LogP) is 2.93. The number of nitrogens with one attached hydrogen (secondary N) is 1. The molecule has 0 saturated heterocycles. The Morgan fingerprint density at radius 1 is 1.37 bits per heavy atom. The third kappa shape index (κ3) is 5.73. The van der Waals surface area contributed by atoms with Crippen molar-refractivity contribution in [3.63, 3.8) is 0 Å². The van der Waals surface area contributed by atoms with E-state index in [0.717, 1.165) is 5.56 Å². The summed E-state index contributed by atoms with van der Waals surface area (Å²) in [5.74, 6) is 0.367. The van der Waals surface area contributed by atoms with Crippen molar-refractivity contribution in [3.8, 4) is 5.75 Å². The van der Waals surface area contributed by atoms with Crippen molar-refractivity contribution in [1.82, 2.24) is 5.32 Å². The van der Waals surface area contributed by atoms with Crippen LogP contribution in [0.5, 0.6) is 5.75 Å². The zero-order chi connectivity index (χ0) is 14.5. The van der Waals surface area contributed by atoms with Gasteiger partial charge >= 0.3 is 0 Å². The van der Waals surface area contributed by atoms with Crippen LogP contribution in [0.2, 0.25) is 0 Å². The number of ether oxygens (including phenoxy) is 1. The molecule has 4 heteroatoms. The Hall–Kier alpha value is -1.58. The van der Waals surface area contributed by atoms with E-state index in [4.69, 9.17) is 4.74 Å². The molecular formula is C15H22FNO2. The largest absolute Gasteiger partial charge is 0.496 e. The molecule has 19 heavy (non-hydrogen) atoms. The number of rotatable bonds is 5. The molecule has 0 heterocycles. The highest BCUT2D eigenvalue weighted by atomic mass is 19.1. The lowest BCUT2D eigenvalue weighted by molar-refractivity contribution is -0.122. The lowest BCUT2D eigenvalue weighted by Crippen LogP contribution is -2.29. The highest BCUT2D eigenvalue weighted by Gasteiger charge is 2.15. The third-order valence-electron chi connectivity index (χ3n) is 2.65. The predicted molar refractivity (Wildman–Crippen MR) is 73.7 cm³/mol. The molecule has 1 N–H and O–H groups in total. The molecule has 1 amide bonds. The Labute approximate surface area is 114 Å². The van der Waals surface area contributed by atoms with Gasteiger partial charge in [0.05, 0.1) is 7.11 Å². The van der Waals surface area contributed by atoms with E-state index in [9.17, 15) is 9.18 Å². The zero-order valence-corrected chi connectivity index (χ0v) is 12.0. The van der Waals surface area contributed by atoms with E-state index in [1.54, 1.807) is 13.2 Å². The summed E-state index contributed by atoms with van der Waals surface area (Å²) >= 11 is 0. The van der Waals surface area contributed by atoms with Crippen LogP contribution in [0.4, 0.5) is 4.39 Å². The fourth-order valence-electron chi connectivity index (χ4n) is 1.82. The van der Waals surface area contributed by atoms with Gasteiger partial charge in [0.25, 0.3) is 0 Å². The normalized spacial score (nSPS) is 11.2. The van der Waals surface area contributed by atoms with Crippen LogP contribution in [0.3, 0.4) is 0 Å². The van der Waals surface area contributed by atoms with Gasteiger partial charge in [0.15, 0.2) is 0 Å². The van der Waals surface area contributed by atoms with Gasteiger partial charge in [-0.15, -0.1) is 0 Å². The second kappa shape index (κ2) is 6.55. The molecule has 0 saturated carbocycles. The molecule has 0 spiro atoms. The van der Waals surface area contributed by atoms with Crippen molar-refractivity contribution in [2.75, 3.05) is 13.7 Å². The third-order valence-corrected chi connectivity index (χ3v) is 2.65. The molecule has 0 aromatic heterocycles. The summed E-state index contributed by atoms with van der Waals surface area (Å²) in [7, 11) is 1.55. The highest BCUT2D eigenvalue weighted by Crippen LogP contribution is 2.20. The molecule has 3 nitrogen and oxygen atoms in total. The van der Waals surface area contributed by atoms with E-state index in [1.165, 1.54) is 12.1 Å². The number of carbonyl (C=O) groups excluding carboxylic acids is 1. The molecule has 0 fully saturated rings. The maximum atomic E-state index is 13.1. The lowest BCUT2D eigenvalue weighted by Gasteiger charge is -2.17. The Bertz CT molecular complexity index is 438. The molecule has 0 radical (unpaired) electrons. The molecule has 106 valence electrons. The number of methoxy groups -OCH3 is 1. The van der Waals surface area contributed by atoms with E-state index in [0.29, 0.717) is 25.1 Å². The summed E-state index contributed by atoms with van der Waals surface area (Å²) in [5.41, 5.74) is 0.735. The van der Waals surface area contributed by atoms with E-state index in [2.05, 4.69) is 5.32 Å². The summed E-state index contributed by atoms with van der Waals surface area (Å²) in [5, 5.41) is 2.84. The van der Waals surface area contributed by atoms with Crippen molar-refractivity contribution in [2.24, 2.45) is 5.41 Å². The molecule has 0 bridgehead atoms. The first-order valence-corrected chi connectivity index (χ1v) is 6.41. The van der Waals surface area contributed by atoms with Crippen molar-refractivity contribution in [3.05, 3.63) is 29.6 Å². The molecule has 0 aliphatic rings. The standard InChI is InChI=1S/C15H22FNO2/c1-15(2,3)10-14(18)17-8-7-11-9-12(16)5-6-13(11)19-4/h5-6,9H,7-8,10H2,1-4H3,(H,17,18). The molecule has 1 aromatic carbocycles. The van der Waals surface area contributed by atoms with Crippen LogP contribution in [0, 0.1) is 11.2 Å². The fraction of sp³-hybridized carbons (Fsp3) is 0.533. The van der Waals surface area contributed by atoms with E-state index < -0.39 is 0 Å². The van der Waals surface area contributed by atoms with Crippen molar-refractivity contribution < 1.29 is 13.9 Å². The van der Waals surface area contributed by atoms with E-state index >= 15 is 0 Å². The average Bonchev–Trinajstić information content (AvgIpc) is 2.27. The summed E-state index contributed by atoms with van der Waals surface area (Å²) < 4.78 is 18.3. The first-order chi connectivity index (χ1) is 8.81. The number of hydrogen-bond acceptors (Lipinski definition) is 2. The van der Waals surface area contributed by atoms with Crippen LogP contribution in [0.25, 0.3) is 0 Å². The van der Waals surface area contributed by atoms with E-state index in [1.807, 2.05) is 20.8 Å². The SMILES string of the molecule is COc1ccc(F)cc1CCNC(=O)CC(C)(C)C. The number of carbonyl (C=O) groups is 1. The second-order valence-electron chi connectivity index (χ2n) is 5.79. The van der Waals surface area contributed by atoms with Gasteiger partial charge < -0.3 is 10.1 Å². The van der Waals surface area contributed by atoms with Crippen LogP contribution in [-0.4, -0.2) is 19.6 Å². The molecule has 0 unspecified atom stereocenters. The minimum atomic E-state index is -0.295. The first kappa shape index (κ1) is 15.5. The van der Waals surface area contributed by atoms with Crippen LogP contribution in [0.1, 0.15) is 32.8 Å². The van der Waals surface area contributed by atoms with Crippen LogP contribution < -0.4 is 10.1 Å². The fourth-order valence-corrected chi connectivity index (χ4v) is 1.82. The van der Waals surface area contributed by atoms with Gasteiger partial charge in [-0.2, -0.15) is 0 Å². The quantitative estimate of drug-likeness (QED) is 0.890. The number of hydrogen-bond donors (Lipinski definition) is 1. The van der Waals surface area contributed by atoms with Gasteiger partial charge in [-0.05, 0) is 35.6 Å². The van der Waals surface area contributed by atoms with Gasteiger partial charge in [-0.3, -0.25) is 4.79 Å². The van der Waals surface area contributed by atoms with Crippen LogP contribution in [-0.2, 0) is 11.2 Å². The van der Waals surface area contributed by atoms with Crippen molar-refractivity contribution in [2.45, 2.75) is 33.6 Å². The van der Waals surface area contributed by atoms with Gasteiger partial charge in [0.1, 0.15) is 11.6 Å². The first-order valence-electron chi connectivity index (χ1n) is 6.41. The molecule has 1 aromatic rings. The molecular weight excluding hydrogens is 245 g/mol. The molecule has 0 aliphatic heterocycles. The van der Waals surface area contributed by atoms with Gasteiger partial charge in [0.2, 0.25) is 5.91 Å². The zero-order valence-electron chi connectivity index (χ0n) is 12.0. The smallest absolute Gasteiger partial charge is 0.220 e. The van der Waals surface area contributed by atoms with Gasteiger partial charge in [0, 0.05) is 13.0 Å². The summed E-state index contributed by atoms with van der Waals surface area (Å²) in [6.45, 7) is 6.53. The van der Waals surface area contributed by atoms with Gasteiger partial charge in [-0.25, -0.2) is 4.39 Å². The number of benzene rings is 1. The minimum Gasteiger partial charge on any atom is -0.496 e. The lowest BCUT2D eigenvalue weighted by atomic mass is 9.92. The summed E-state index contributed by atoms with van der Waals surface area (Å²) in [6.07, 6.45) is 1.03. The topological polar surface area (TPSA) is 38.3 Å². The average molecular weight is 267 g/mol. The highest BCUT2D eigenvalue weighted by molar-refractivity contribution is 5.76. The Kier molecular flexibility index (Phi) is 5.33. The Morgan fingerprint density at radius 3 is 2.63 bits per heavy atom. The van der Waals surface area contributed by atoms with Crippen LogP contribution in [0.15, 0.2) is 18.2 Å². The number of amides is 1. The number of halogens is 1. The molecule has 0 atom stereocenters. The Morgan fingerprint density at radius 2 is 2.05 bits per heavy atom. The monoisotopic (exact) mass is 267 g/mol. The minimum absolute atomic E-state index is 0.0165. The maximum absolute atomic E-state index is 13.1. The van der Waals surface area contributed by atoms with Gasteiger partial charge in [-0.1, -0.05) is 20.8 Å². The molecule has 1 rings (SSSR count).